The zero-order valence-corrected chi connectivity index (χ0v) is 24.5. The van der Waals surface area contributed by atoms with Gasteiger partial charge < -0.3 is 42.2 Å². The third kappa shape index (κ3) is 16.7. The van der Waals surface area contributed by atoms with Gasteiger partial charge in [0.2, 0.25) is 0 Å². The van der Waals surface area contributed by atoms with E-state index in [4.69, 9.17) is 26.8 Å². The Bertz CT molecular complexity index is 1020. The van der Waals surface area contributed by atoms with Crippen molar-refractivity contribution in [3.8, 4) is 0 Å². The largest absolute Gasteiger partial charge is 0.480 e. The number of nitrogens with two attached hydrogens (primary N) is 2. The highest BCUT2D eigenvalue weighted by atomic mass is 35.5. The number of carbonyl (C=O) groups excluding carboxylic acids is 1. The van der Waals surface area contributed by atoms with Gasteiger partial charge in [0, 0.05) is 0 Å². The molecule has 0 radical (unpaired) electrons. The first-order valence-corrected chi connectivity index (χ1v) is 13.4. The van der Waals surface area contributed by atoms with E-state index in [1.54, 1.807) is 0 Å². The Morgan fingerprint density at radius 1 is 0.762 bits per heavy atom. The maximum atomic E-state index is 11.0. The van der Waals surface area contributed by atoms with Gasteiger partial charge in [0.15, 0.2) is 0 Å². The van der Waals surface area contributed by atoms with Crippen molar-refractivity contribution in [3.63, 3.8) is 0 Å². The molecular formula is C29H43ClN4O8. The van der Waals surface area contributed by atoms with E-state index in [1.165, 1.54) is 7.11 Å². The third-order valence-corrected chi connectivity index (χ3v) is 6.13. The number of aliphatic carboxylic acids is 3. The Balaban J connectivity index is 0.000000541. The van der Waals surface area contributed by atoms with Crippen molar-refractivity contribution >= 4 is 36.3 Å². The maximum absolute atomic E-state index is 11.0. The van der Waals surface area contributed by atoms with Gasteiger partial charge >= 0.3 is 23.9 Å². The first-order chi connectivity index (χ1) is 19.5. The molecule has 0 saturated carbocycles. The summed E-state index contributed by atoms with van der Waals surface area (Å²) < 4.78 is 4.52. The van der Waals surface area contributed by atoms with Crippen molar-refractivity contribution in [2.45, 2.75) is 62.7 Å². The summed E-state index contributed by atoms with van der Waals surface area (Å²) in [6.45, 7) is 1.72. The number of carboxylic acid groups (broad SMARTS) is 3. The number of benzene rings is 2. The number of methoxy groups -OCH3 is 1. The highest BCUT2D eigenvalue weighted by Gasteiger charge is 2.21. The molecule has 2 aromatic carbocycles. The molecule has 0 aliphatic carbocycles. The molecule has 0 spiro atoms. The van der Waals surface area contributed by atoms with Crippen LogP contribution in [0.5, 0.6) is 0 Å². The minimum Gasteiger partial charge on any atom is -0.480 e. The van der Waals surface area contributed by atoms with Crippen LogP contribution in [0.3, 0.4) is 0 Å². The van der Waals surface area contributed by atoms with Crippen molar-refractivity contribution in [3.05, 3.63) is 71.8 Å². The Morgan fingerprint density at radius 2 is 1.14 bits per heavy atom. The van der Waals surface area contributed by atoms with Crippen LogP contribution in [0.4, 0.5) is 0 Å². The van der Waals surface area contributed by atoms with E-state index in [9.17, 15) is 19.2 Å². The van der Waals surface area contributed by atoms with E-state index in [0.717, 1.165) is 49.9 Å². The molecule has 12 nitrogen and oxygen atoms in total. The number of halogens is 1. The van der Waals surface area contributed by atoms with E-state index in [2.05, 4.69) is 15.4 Å². The van der Waals surface area contributed by atoms with Crippen molar-refractivity contribution in [2.24, 2.45) is 11.5 Å². The molecule has 0 bridgehead atoms. The summed E-state index contributed by atoms with van der Waals surface area (Å²) in [5, 5.41) is 30.9. The topological polar surface area (TPSA) is 214 Å². The van der Waals surface area contributed by atoms with Crippen LogP contribution >= 0.6 is 12.4 Å². The minimum atomic E-state index is -0.959. The standard InChI is InChI=1S/C10H13NO2.C9H11NO2.2C5H9NO2.ClH/c1-13-10(12)9(11)7-8-5-3-2-4-6-8;10-8(9(11)12)6-7-4-2-1-3-5-7;2*7-5(8)4-2-1-3-6-4;/h2-6,9H,7,11H2,1H3;1-5,8H,6,10H2,(H,11,12);2*4,6H,1-3H2,(H,7,8);1H/t9-;8-;2*4-;/m0000./s1. The van der Waals surface area contributed by atoms with Crippen molar-refractivity contribution < 1.29 is 39.2 Å². The van der Waals surface area contributed by atoms with Gasteiger partial charge in [-0.15, -0.1) is 12.4 Å². The molecule has 13 heteroatoms. The quantitative estimate of drug-likeness (QED) is 0.211. The molecule has 2 heterocycles. The average molecular weight is 611 g/mol. The second-order valence-electron chi connectivity index (χ2n) is 9.43. The molecule has 4 rings (SSSR count). The molecule has 2 aliphatic heterocycles. The summed E-state index contributed by atoms with van der Waals surface area (Å²) in [6.07, 6.45) is 4.47. The van der Waals surface area contributed by atoms with Gasteiger partial charge in [-0.3, -0.25) is 19.2 Å². The molecule has 2 fully saturated rings. The van der Waals surface area contributed by atoms with Gasteiger partial charge in [0.05, 0.1) is 7.11 Å². The van der Waals surface area contributed by atoms with E-state index in [1.807, 2.05) is 60.7 Å². The fourth-order valence-corrected chi connectivity index (χ4v) is 3.85. The predicted molar refractivity (Wildman–Crippen MR) is 160 cm³/mol. The Morgan fingerprint density at radius 3 is 1.40 bits per heavy atom. The zero-order valence-electron chi connectivity index (χ0n) is 23.7. The zero-order chi connectivity index (χ0) is 30.6. The lowest BCUT2D eigenvalue weighted by atomic mass is 10.1. The van der Waals surface area contributed by atoms with Crippen LogP contribution in [0.15, 0.2) is 60.7 Å². The lowest BCUT2D eigenvalue weighted by Crippen LogP contribution is -2.33. The molecule has 9 N–H and O–H groups in total. The van der Waals surface area contributed by atoms with Crippen molar-refractivity contribution in [2.75, 3.05) is 20.2 Å². The van der Waals surface area contributed by atoms with Crippen LogP contribution in [-0.4, -0.2) is 83.6 Å². The molecule has 42 heavy (non-hydrogen) atoms. The molecule has 0 amide bonds. The summed E-state index contributed by atoms with van der Waals surface area (Å²) >= 11 is 0. The third-order valence-electron chi connectivity index (χ3n) is 6.13. The van der Waals surface area contributed by atoms with E-state index < -0.39 is 30.0 Å². The summed E-state index contributed by atoms with van der Waals surface area (Å²) in [7, 11) is 1.34. The highest BCUT2D eigenvalue weighted by molar-refractivity contribution is 5.85. The second-order valence-corrected chi connectivity index (χ2v) is 9.43. The number of carboxylic acids is 3. The van der Waals surface area contributed by atoms with E-state index >= 15 is 0 Å². The fraction of sp³-hybridized carbons (Fsp3) is 0.448. The maximum Gasteiger partial charge on any atom is 0.322 e. The van der Waals surface area contributed by atoms with E-state index in [-0.39, 0.29) is 30.5 Å². The van der Waals surface area contributed by atoms with Crippen LogP contribution in [0.2, 0.25) is 0 Å². The normalized spacial score (nSPS) is 18.1. The smallest absolute Gasteiger partial charge is 0.322 e. The number of ether oxygens (including phenoxy) is 1. The van der Waals surface area contributed by atoms with Crippen LogP contribution in [0.25, 0.3) is 0 Å². The van der Waals surface area contributed by atoms with Crippen molar-refractivity contribution in [1.29, 1.82) is 0 Å². The van der Waals surface area contributed by atoms with Gasteiger partial charge in [-0.1, -0.05) is 60.7 Å². The number of rotatable bonds is 8. The first kappa shape index (κ1) is 38.5. The molecule has 2 aliphatic rings. The van der Waals surface area contributed by atoms with Crippen LogP contribution in [0.1, 0.15) is 36.8 Å². The second kappa shape index (κ2) is 22.1. The fourth-order valence-electron chi connectivity index (χ4n) is 3.85. The van der Waals surface area contributed by atoms with Gasteiger partial charge in [-0.05, 0) is 62.7 Å². The first-order valence-electron chi connectivity index (χ1n) is 13.4. The summed E-state index contributed by atoms with van der Waals surface area (Å²) in [4.78, 5) is 41.6. The SMILES string of the molecule is COC(=O)[C@@H](N)Cc1ccccc1.Cl.N[C@@H](Cc1ccccc1)C(=O)O.O=C(O)[C@@H]1CCCN1.O=C(O)[C@@H]1CCCN1. The van der Waals surface area contributed by atoms with Gasteiger partial charge in [0.25, 0.3) is 0 Å². The number of carbonyl (C=O) groups is 4. The molecule has 0 unspecified atom stereocenters. The lowest BCUT2D eigenvalue weighted by Gasteiger charge is -2.08. The molecular weight excluding hydrogens is 568 g/mol. The Kier molecular flexibility index (Phi) is 20.2. The average Bonchev–Trinajstić information content (AvgIpc) is 3.70. The van der Waals surface area contributed by atoms with E-state index in [0.29, 0.717) is 12.8 Å². The number of esters is 1. The Labute approximate surface area is 252 Å². The van der Waals surface area contributed by atoms with Crippen LogP contribution in [0, 0.1) is 0 Å². The summed E-state index contributed by atoms with van der Waals surface area (Å²) in [6, 6.07) is 17.1. The number of nitrogens with one attached hydrogen (secondary N) is 2. The van der Waals surface area contributed by atoms with Gasteiger partial charge in [0.1, 0.15) is 24.2 Å². The Hall–Kier alpha value is -3.55. The molecule has 234 valence electrons. The monoisotopic (exact) mass is 610 g/mol. The van der Waals surface area contributed by atoms with Crippen molar-refractivity contribution in [1.82, 2.24) is 10.6 Å². The minimum absolute atomic E-state index is 0. The molecule has 4 atom stereocenters. The number of hydrogen-bond donors (Lipinski definition) is 7. The summed E-state index contributed by atoms with van der Waals surface area (Å²) in [5.74, 6) is -2.77. The molecule has 2 aromatic rings. The van der Waals surface area contributed by atoms with Crippen LogP contribution < -0.4 is 22.1 Å². The molecule has 0 aromatic heterocycles. The van der Waals surface area contributed by atoms with Gasteiger partial charge in [-0.25, -0.2) is 0 Å². The van der Waals surface area contributed by atoms with Gasteiger partial charge in [-0.2, -0.15) is 0 Å². The number of hydrogen-bond acceptors (Lipinski definition) is 9. The summed E-state index contributed by atoms with van der Waals surface area (Å²) in [5.41, 5.74) is 12.9. The van der Waals surface area contributed by atoms with Crippen LogP contribution in [-0.2, 0) is 36.8 Å². The highest BCUT2D eigenvalue weighted by Crippen LogP contribution is 2.05. The predicted octanol–water partition coefficient (Wildman–Crippen LogP) is 1.44. The lowest BCUT2D eigenvalue weighted by molar-refractivity contribution is -0.142. The molecule has 2 saturated heterocycles.